The second-order valence-corrected chi connectivity index (χ2v) is 5.97. The van der Waals surface area contributed by atoms with Gasteiger partial charge in [0.25, 0.3) is 0 Å². The number of benzene rings is 1. The number of piperidine rings is 1. The first-order valence-corrected chi connectivity index (χ1v) is 8.02. The predicted molar refractivity (Wildman–Crippen MR) is 82.1 cm³/mol. The third-order valence-corrected chi connectivity index (χ3v) is 4.44. The number of ether oxygens (including phenoxy) is 1. The van der Waals surface area contributed by atoms with Crippen LogP contribution in [0.1, 0.15) is 42.9 Å². The van der Waals surface area contributed by atoms with Gasteiger partial charge in [-0.3, -0.25) is 4.79 Å². The maximum atomic E-state index is 12.1. The average Bonchev–Trinajstić information content (AvgIpc) is 2.54. The first-order chi connectivity index (χ1) is 10.3. The predicted octanol–water partition coefficient (Wildman–Crippen LogP) is 1.95. The molecule has 0 saturated carbocycles. The maximum Gasteiger partial charge on any atom is 0.246 e. The van der Waals surface area contributed by atoms with Gasteiger partial charge in [-0.25, -0.2) is 0 Å². The Labute approximate surface area is 126 Å². The second kappa shape index (κ2) is 7.05. The lowest BCUT2D eigenvalue weighted by molar-refractivity contribution is -0.129. The summed E-state index contributed by atoms with van der Waals surface area (Å²) < 4.78 is 5.72. The van der Waals surface area contributed by atoms with Crippen LogP contribution in [0.15, 0.2) is 24.3 Å². The van der Waals surface area contributed by atoms with Gasteiger partial charge in [0.15, 0.2) is 0 Å². The molecule has 0 aromatic heterocycles. The zero-order chi connectivity index (χ0) is 14.5. The fourth-order valence-corrected chi connectivity index (χ4v) is 3.30. The molecular weight excluding hydrogens is 264 g/mol. The fraction of sp³-hybridized carbons (Fsp3) is 0.588. The van der Waals surface area contributed by atoms with Crippen molar-refractivity contribution in [2.24, 2.45) is 0 Å². The largest absolute Gasteiger partial charge is 0.368 e. The number of rotatable bonds is 4. The van der Waals surface area contributed by atoms with Gasteiger partial charge in [-0.05, 0) is 56.3 Å². The molecule has 1 amide bonds. The van der Waals surface area contributed by atoms with Crippen molar-refractivity contribution in [3.63, 3.8) is 0 Å². The van der Waals surface area contributed by atoms with Crippen molar-refractivity contribution in [1.29, 1.82) is 0 Å². The average molecular weight is 288 g/mol. The number of aryl methyl sites for hydroxylation is 1. The number of hydrogen-bond donors (Lipinski definition) is 2. The van der Waals surface area contributed by atoms with Crippen molar-refractivity contribution in [1.82, 2.24) is 10.6 Å². The van der Waals surface area contributed by atoms with Crippen LogP contribution in [-0.4, -0.2) is 31.7 Å². The van der Waals surface area contributed by atoms with E-state index in [1.54, 1.807) is 0 Å². The molecule has 1 atom stereocenters. The van der Waals surface area contributed by atoms with E-state index in [2.05, 4.69) is 34.9 Å². The third kappa shape index (κ3) is 3.83. The molecule has 3 rings (SSSR count). The molecule has 2 N–H and O–H groups in total. The van der Waals surface area contributed by atoms with Crippen molar-refractivity contribution >= 4 is 5.91 Å². The Morgan fingerprint density at radius 2 is 2.05 bits per heavy atom. The lowest BCUT2D eigenvalue weighted by Gasteiger charge is -2.27. The summed E-state index contributed by atoms with van der Waals surface area (Å²) in [6.45, 7) is 2.16. The first-order valence-electron chi connectivity index (χ1n) is 8.02. The van der Waals surface area contributed by atoms with E-state index in [-0.39, 0.29) is 24.7 Å². The quantitative estimate of drug-likeness (QED) is 0.890. The fourth-order valence-electron chi connectivity index (χ4n) is 3.30. The normalized spacial score (nSPS) is 22.6. The highest BCUT2D eigenvalue weighted by atomic mass is 16.5. The zero-order valence-electron chi connectivity index (χ0n) is 12.4. The van der Waals surface area contributed by atoms with Gasteiger partial charge in [0.05, 0.1) is 12.1 Å². The minimum absolute atomic E-state index is 0.00948. The molecule has 1 aliphatic heterocycles. The highest BCUT2D eigenvalue weighted by Crippen LogP contribution is 2.29. The summed E-state index contributed by atoms with van der Waals surface area (Å²) in [5.74, 6) is 0.00948. The van der Waals surface area contributed by atoms with Gasteiger partial charge in [-0.15, -0.1) is 0 Å². The van der Waals surface area contributed by atoms with Crippen LogP contribution in [0.4, 0.5) is 0 Å². The monoisotopic (exact) mass is 288 g/mol. The Kier molecular flexibility index (Phi) is 4.88. The summed E-state index contributed by atoms with van der Waals surface area (Å²) in [6.07, 6.45) is 5.51. The van der Waals surface area contributed by atoms with Crippen LogP contribution in [0.2, 0.25) is 0 Å². The lowest BCUT2D eigenvalue weighted by Crippen LogP contribution is -2.37. The molecule has 1 aromatic carbocycles. The number of carbonyl (C=O) groups excluding carboxylic acids is 1. The van der Waals surface area contributed by atoms with Gasteiger partial charge >= 0.3 is 0 Å². The van der Waals surface area contributed by atoms with E-state index in [0.717, 1.165) is 45.2 Å². The molecule has 0 bridgehead atoms. The molecule has 4 nitrogen and oxygen atoms in total. The summed E-state index contributed by atoms with van der Waals surface area (Å²) in [5, 5.41) is 6.43. The summed E-state index contributed by atoms with van der Waals surface area (Å²) in [6, 6.07) is 8.57. The van der Waals surface area contributed by atoms with Gasteiger partial charge in [0, 0.05) is 0 Å². The van der Waals surface area contributed by atoms with Crippen LogP contribution in [0.25, 0.3) is 0 Å². The van der Waals surface area contributed by atoms with Crippen LogP contribution in [0.5, 0.6) is 0 Å². The number of nitrogens with one attached hydrogen (secondary N) is 2. The standard InChI is InChI=1S/C17H24N2O2/c20-17(12-21-14-8-10-18-11-9-14)19-16-7-3-5-13-4-1-2-6-15(13)16/h1-2,4,6,14,16,18H,3,5,7-12H2,(H,19,20). The SMILES string of the molecule is O=C(COC1CCNCC1)NC1CCCc2ccccc21. The van der Waals surface area contributed by atoms with Crippen molar-refractivity contribution < 1.29 is 9.53 Å². The minimum Gasteiger partial charge on any atom is -0.368 e. The summed E-state index contributed by atoms with van der Waals surface area (Å²) >= 11 is 0. The van der Waals surface area contributed by atoms with E-state index < -0.39 is 0 Å². The Bertz CT molecular complexity index is 483. The molecule has 1 unspecified atom stereocenters. The van der Waals surface area contributed by atoms with E-state index in [4.69, 9.17) is 4.74 Å². The van der Waals surface area contributed by atoms with E-state index in [1.807, 2.05) is 0 Å². The van der Waals surface area contributed by atoms with Crippen LogP contribution >= 0.6 is 0 Å². The molecule has 21 heavy (non-hydrogen) atoms. The molecular formula is C17H24N2O2. The molecule has 0 radical (unpaired) electrons. The molecule has 2 aliphatic rings. The molecule has 1 aromatic rings. The van der Waals surface area contributed by atoms with E-state index in [9.17, 15) is 4.79 Å². The van der Waals surface area contributed by atoms with Gasteiger partial charge < -0.3 is 15.4 Å². The maximum absolute atomic E-state index is 12.1. The lowest BCUT2D eigenvalue weighted by atomic mass is 9.88. The summed E-state index contributed by atoms with van der Waals surface area (Å²) in [5.41, 5.74) is 2.65. The smallest absolute Gasteiger partial charge is 0.246 e. The number of hydrogen-bond acceptors (Lipinski definition) is 3. The number of amides is 1. The summed E-state index contributed by atoms with van der Waals surface area (Å²) in [7, 11) is 0. The Morgan fingerprint density at radius 3 is 2.90 bits per heavy atom. The topological polar surface area (TPSA) is 50.4 Å². The van der Waals surface area contributed by atoms with Gasteiger partial charge in [0.2, 0.25) is 5.91 Å². The van der Waals surface area contributed by atoms with Crippen LogP contribution in [-0.2, 0) is 16.0 Å². The molecule has 1 heterocycles. The van der Waals surface area contributed by atoms with E-state index >= 15 is 0 Å². The second-order valence-electron chi connectivity index (χ2n) is 5.97. The summed E-state index contributed by atoms with van der Waals surface area (Å²) in [4.78, 5) is 12.1. The highest BCUT2D eigenvalue weighted by Gasteiger charge is 2.22. The molecule has 1 aliphatic carbocycles. The zero-order valence-corrected chi connectivity index (χ0v) is 12.4. The number of carbonyl (C=O) groups is 1. The van der Waals surface area contributed by atoms with Gasteiger partial charge in [-0.2, -0.15) is 0 Å². The number of fused-ring (bicyclic) bond motifs is 1. The van der Waals surface area contributed by atoms with E-state index in [0.29, 0.717) is 0 Å². The van der Waals surface area contributed by atoms with Crippen molar-refractivity contribution in [2.75, 3.05) is 19.7 Å². The molecule has 1 fully saturated rings. The highest BCUT2D eigenvalue weighted by molar-refractivity contribution is 5.77. The van der Waals surface area contributed by atoms with Gasteiger partial charge in [-0.1, -0.05) is 24.3 Å². The van der Waals surface area contributed by atoms with Crippen LogP contribution < -0.4 is 10.6 Å². The van der Waals surface area contributed by atoms with E-state index in [1.165, 1.54) is 11.1 Å². The van der Waals surface area contributed by atoms with Crippen molar-refractivity contribution in [2.45, 2.75) is 44.2 Å². The molecule has 0 spiro atoms. The molecule has 4 heteroatoms. The van der Waals surface area contributed by atoms with Crippen molar-refractivity contribution in [3.05, 3.63) is 35.4 Å². The Balaban J connectivity index is 1.51. The van der Waals surface area contributed by atoms with Crippen LogP contribution in [0, 0.1) is 0 Å². The first kappa shape index (κ1) is 14.5. The van der Waals surface area contributed by atoms with Crippen LogP contribution in [0.3, 0.4) is 0 Å². The Hall–Kier alpha value is -1.39. The molecule has 114 valence electrons. The van der Waals surface area contributed by atoms with Gasteiger partial charge in [0.1, 0.15) is 6.61 Å². The van der Waals surface area contributed by atoms with Crippen molar-refractivity contribution in [3.8, 4) is 0 Å². The minimum atomic E-state index is 0.00948. The Morgan fingerprint density at radius 1 is 1.24 bits per heavy atom. The third-order valence-electron chi connectivity index (χ3n) is 4.44. The molecule has 1 saturated heterocycles.